The van der Waals surface area contributed by atoms with Crippen molar-refractivity contribution < 1.29 is 13.9 Å². The monoisotopic (exact) mass is 218 g/mol. The summed E-state index contributed by atoms with van der Waals surface area (Å²) >= 11 is 5.57. The Kier molecular flexibility index (Phi) is 2.71. The van der Waals surface area contributed by atoms with Crippen molar-refractivity contribution in [1.29, 1.82) is 0 Å². The number of halogens is 1. The summed E-state index contributed by atoms with van der Waals surface area (Å²) in [4.78, 5) is 0. The first-order chi connectivity index (χ1) is 6.80. The molecular formula is C8H11ClN2O3. The van der Waals surface area contributed by atoms with Gasteiger partial charge in [-0.3, -0.25) is 0 Å². The molecule has 1 unspecified atom stereocenters. The van der Waals surface area contributed by atoms with Crippen LogP contribution in [0.1, 0.15) is 18.2 Å². The maximum atomic E-state index is 5.57. The van der Waals surface area contributed by atoms with Crippen molar-refractivity contribution in [3.8, 4) is 0 Å². The lowest BCUT2D eigenvalue weighted by molar-refractivity contribution is -0.0415. The number of alkyl halides is 1. The van der Waals surface area contributed by atoms with E-state index in [1.165, 1.54) is 0 Å². The zero-order valence-electron chi connectivity index (χ0n) is 7.83. The molecule has 1 fully saturated rings. The molecule has 0 aromatic carbocycles. The molecule has 1 saturated heterocycles. The second-order valence-electron chi connectivity index (χ2n) is 3.14. The SMILES string of the molecule is COC1(c2nnc(CCl)o2)CCOC1. The van der Waals surface area contributed by atoms with Gasteiger partial charge >= 0.3 is 0 Å². The van der Waals surface area contributed by atoms with Crippen LogP contribution in [0.5, 0.6) is 0 Å². The van der Waals surface area contributed by atoms with E-state index >= 15 is 0 Å². The molecule has 1 aliphatic rings. The summed E-state index contributed by atoms with van der Waals surface area (Å²) in [7, 11) is 1.61. The molecular weight excluding hydrogens is 208 g/mol. The van der Waals surface area contributed by atoms with Gasteiger partial charge in [-0.1, -0.05) is 0 Å². The average Bonchev–Trinajstić information content (AvgIpc) is 2.87. The first kappa shape index (κ1) is 9.89. The molecule has 6 heteroatoms. The predicted molar refractivity (Wildman–Crippen MR) is 48.0 cm³/mol. The van der Waals surface area contributed by atoms with E-state index in [0.29, 0.717) is 25.0 Å². The van der Waals surface area contributed by atoms with Gasteiger partial charge in [0.2, 0.25) is 5.89 Å². The van der Waals surface area contributed by atoms with E-state index in [9.17, 15) is 0 Å². The predicted octanol–water partition coefficient (Wildman–Crippen LogP) is 1.07. The van der Waals surface area contributed by atoms with Gasteiger partial charge in [-0.2, -0.15) is 0 Å². The van der Waals surface area contributed by atoms with Crippen LogP contribution in [0.25, 0.3) is 0 Å². The van der Waals surface area contributed by atoms with Crippen LogP contribution >= 0.6 is 11.6 Å². The van der Waals surface area contributed by atoms with Gasteiger partial charge in [0.1, 0.15) is 5.88 Å². The Labute approximate surface area is 86.3 Å². The Morgan fingerprint density at radius 1 is 1.57 bits per heavy atom. The van der Waals surface area contributed by atoms with Crippen molar-refractivity contribution in [3.63, 3.8) is 0 Å². The number of aromatic nitrogens is 2. The third kappa shape index (κ3) is 1.51. The molecule has 78 valence electrons. The molecule has 14 heavy (non-hydrogen) atoms. The van der Waals surface area contributed by atoms with Crippen LogP contribution in [-0.2, 0) is 21.0 Å². The van der Waals surface area contributed by atoms with Crippen LogP contribution < -0.4 is 0 Å². The number of ether oxygens (including phenoxy) is 2. The van der Waals surface area contributed by atoms with E-state index in [0.717, 1.165) is 6.42 Å². The molecule has 1 aliphatic heterocycles. The van der Waals surface area contributed by atoms with E-state index in [2.05, 4.69) is 10.2 Å². The fraction of sp³-hybridized carbons (Fsp3) is 0.750. The Balaban J connectivity index is 2.26. The zero-order chi connectivity index (χ0) is 10.0. The molecule has 1 aromatic rings. The molecule has 2 rings (SSSR count). The van der Waals surface area contributed by atoms with Crippen molar-refractivity contribution in [2.24, 2.45) is 0 Å². The van der Waals surface area contributed by atoms with Crippen molar-refractivity contribution >= 4 is 11.6 Å². The van der Waals surface area contributed by atoms with Crippen molar-refractivity contribution in [3.05, 3.63) is 11.8 Å². The van der Waals surface area contributed by atoms with Crippen molar-refractivity contribution in [2.45, 2.75) is 17.9 Å². The van der Waals surface area contributed by atoms with Gasteiger partial charge in [0.15, 0.2) is 5.60 Å². The molecule has 0 spiro atoms. The van der Waals surface area contributed by atoms with Crippen LogP contribution in [0, 0.1) is 0 Å². The molecule has 0 bridgehead atoms. The van der Waals surface area contributed by atoms with Crippen LogP contribution in [0.3, 0.4) is 0 Å². The smallest absolute Gasteiger partial charge is 0.250 e. The van der Waals surface area contributed by atoms with Gasteiger partial charge in [0, 0.05) is 13.5 Å². The first-order valence-electron chi connectivity index (χ1n) is 4.32. The molecule has 1 aromatic heterocycles. The third-order valence-electron chi connectivity index (χ3n) is 2.35. The Bertz CT molecular complexity index is 309. The lowest BCUT2D eigenvalue weighted by Gasteiger charge is -2.20. The second-order valence-corrected chi connectivity index (χ2v) is 3.40. The standard InChI is InChI=1S/C8H11ClN2O3/c1-12-8(2-3-13-5-8)7-11-10-6(4-9)14-7/h2-5H2,1H3. The Hall–Kier alpha value is -0.650. The number of hydrogen-bond donors (Lipinski definition) is 0. The van der Waals surface area contributed by atoms with E-state index < -0.39 is 5.60 Å². The summed E-state index contributed by atoms with van der Waals surface area (Å²) in [5.74, 6) is 1.08. The lowest BCUT2D eigenvalue weighted by atomic mass is 10.0. The fourth-order valence-corrected chi connectivity index (χ4v) is 1.56. The minimum Gasteiger partial charge on any atom is -0.421 e. The quantitative estimate of drug-likeness (QED) is 0.711. The number of rotatable bonds is 3. The van der Waals surface area contributed by atoms with Crippen LogP contribution in [-0.4, -0.2) is 30.5 Å². The molecule has 0 N–H and O–H groups in total. The highest BCUT2D eigenvalue weighted by atomic mass is 35.5. The number of hydrogen-bond acceptors (Lipinski definition) is 5. The molecule has 0 aliphatic carbocycles. The van der Waals surface area contributed by atoms with E-state index in [1.54, 1.807) is 7.11 Å². The molecule has 1 atom stereocenters. The Morgan fingerprint density at radius 2 is 2.43 bits per heavy atom. The summed E-state index contributed by atoms with van der Waals surface area (Å²) in [5, 5.41) is 7.69. The summed E-state index contributed by atoms with van der Waals surface area (Å²) in [5.41, 5.74) is -0.572. The van der Waals surface area contributed by atoms with Crippen molar-refractivity contribution in [1.82, 2.24) is 10.2 Å². The summed E-state index contributed by atoms with van der Waals surface area (Å²) in [6, 6.07) is 0. The highest BCUT2D eigenvalue weighted by Crippen LogP contribution is 2.32. The van der Waals surface area contributed by atoms with Crippen LogP contribution in [0.2, 0.25) is 0 Å². The number of methoxy groups -OCH3 is 1. The van der Waals surface area contributed by atoms with E-state index in [4.69, 9.17) is 25.5 Å². The van der Waals surface area contributed by atoms with Gasteiger partial charge < -0.3 is 13.9 Å². The molecule has 2 heterocycles. The van der Waals surface area contributed by atoms with Gasteiger partial charge in [-0.05, 0) is 0 Å². The first-order valence-corrected chi connectivity index (χ1v) is 4.86. The molecule has 0 amide bonds. The minimum atomic E-state index is -0.572. The molecule has 0 radical (unpaired) electrons. The number of nitrogens with zero attached hydrogens (tertiary/aromatic N) is 2. The van der Waals surface area contributed by atoms with Gasteiger partial charge in [0.05, 0.1) is 13.2 Å². The normalized spacial score (nSPS) is 27.0. The molecule has 5 nitrogen and oxygen atoms in total. The maximum absolute atomic E-state index is 5.57. The highest BCUT2D eigenvalue weighted by molar-refractivity contribution is 6.16. The van der Waals surface area contributed by atoms with E-state index in [1.807, 2.05) is 0 Å². The Morgan fingerprint density at radius 3 is 2.93 bits per heavy atom. The van der Waals surface area contributed by atoms with Gasteiger partial charge in [0.25, 0.3) is 5.89 Å². The zero-order valence-corrected chi connectivity index (χ0v) is 8.58. The summed E-state index contributed by atoms with van der Waals surface area (Å²) < 4.78 is 16.0. The van der Waals surface area contributed by atoms with E-state index in [-0.39, 0.29) is 5.88 Å². The van der Waals surface area contributed by atoms with Crippen LogP contribution in [0.15, 0.2) is 4.42 Å². The second kappa shape index (κ2) is 3.84. The largest absolute Gasteiger partial charge is 0.421 e. The highest BCUT2D eigenvalue weighted by Gasteiger charge is 2.42. The average molecular weight is 219 g/mol. The van der Waals surface area contributed by atoms with Gasteiger partial charge in [-0.15, -0.1) is 21.8 Å². The van der Waals surface area contributed by atoms with Gasteiger partial charge in [-0.25, -0.2) is 0 Å². The minimum absolute atomic E-state index is 0.216. The fourth-order valence-electron chi connectivity index (χ4n) is 1.45. The third-order valence-corrected chi connectivity index (χ3v) is 2.58. The van der Waals surface area contributed by atoms with Crippen molar-refractivity contribution in [2.75, 3.05) is 20.3 Å². The summed E-state index contributed by atoms with van der Waals surface area (Å²) in [6.45, 7) is 1.10. The van der Waals surface area contributed by atoms with Crippen LogP contribution in [0.4, 0.5) is 0 Å². The summed E-state index contributed by atoms with van der Waals surface area (Å²) in [6.07, 6.45) is 0.730. The topological polar surface area (TPSA) is 57.4 Å². The molecule has 0 saturated carbocycles. The maximum Gasteiger partial charge on any atom is 0.250 e. The lowest BCUT2D eigenvalue weighted by Crippen LogP contribution is -2.29.